The van der Waals surface area contributed by atoms with Crippen LogP contribution in [0, 0.1) is 0 Å². The van der Waals surface area contributed by atoms with Crippen LogP contribution in [0.5, 0.6) is 5.75 Å². The molecule has 7 N–H and O–H groups in total. The van der Waals surface area contributed by atoms with E-state index in [9.17, 15) is 59.4 Å². The number of aromatic amines is 1. The lowest BCUT2D eigenvalue weighted by molar-refractivity contribution is -0.144. The summed E-state index contributed by atoms with van der Waals surface area (Å²) < 4.78 is 6.23. The van der Waals surface area contributed by atoms with Crippen LogP contribution in [-0.4, -0.2) is 112 Å². The third kappa shape index (κ3) is 6.99. The first-order chi connectivity index (χ1) is 23.6. The number of rotatable bonds is 14. The van der Waals surface area contributed by atoms with E-state index < -0.39 is 90.9 Å². The predicted molar refractivity (Wildman–Crippen MR) is 172 cm³/mol. The molecule has 0 radical (unpaired) electrons. The first-order valence-corrected chi connectivity index (χ1v) is 14.8. The number of halogens is 2. The highest BCUT2D eigenvalue weighted by Crippen LogP contribution is 2.48. The van der Waals surface area contributed by atoms with Gasteiger partial charge in [0.1, 0.15) is 28.1 Å². The van der Waals surface area contributed by atoms with Crippen molar-refractivity contribution in [2.45, 2.75) is 13.1 Å². The van der Waals surface area contributed by atoms with Gasteiger partial charge in [-0.3, -0.25) is 33.8 Å². The van der Waals surface area contributed by atoms with Crippen molar-refractivity contribution in [1.29, 1.82) is 0 Å². The Morgan fingerprint density at radius 1 is 0.760 bits per heavy atom. The molecule has 1 aliphatic carbocycles. The Morgan fingerprint density at radius 2 is 1.32 bits per heavy atom. The van der Waals surface area contributed by atoms with Crippen LogP contribution in [0.1, 0.15) is 21.5 Å². The minimum Gasteiger partial charge on any atom is -0.506 e. The lowest BCUT2D eigenvalue weighted by atomic mass is 9.88. The van der Waals surface area contributed by atoms with Crippen LogP contribution in [0.15, 0.2) is 33.5 Å². The monoisotopic (exact) mass is 731 g/mol. The number of hydrogen-bond donors (Lipinski definition) is 7. The molecular formula is C30H23Cl2N5O13. The van der Waals surface area contributed by atoms with Gasteiger partial charge in [0, 0.05) is 35.2 Å². The zero-order chi connectivity index (χ0) is 36.6. The van der Waals surface area contributed by atoms with E-state index in [1.54, 1.807) is 0 Å². The molecule has 260 valence electrons. The van der Waals surface area contributed by atoms with Crippen molar-refractivity contribution in [3.8, 4) is 28.2 Å². The van der Waals surface area contributed by atoms with Crippen molar-refractivity contribution in [1.82, 2.24) is 25.2 Å². The van der Waals surface area contributed by atoms with E-state index in [2.05, 4.69) is 15.4 Å². The van der Waals surface area contributed by atoms with E-state index in [-0.39, 0.29) is 60.6 Å². The SMILES string of the molecule is O=C(O)CN(CC(=O)O)Cc1c2oc3c(CN(CC(=O)O)CC(=O)O)c(O)c(Cl)cc3c(-c3ccc4n[nH]nc4c3C(=O)O)c-2cc(Cl)c1=O. The van der Waals surface area contributed by atoms with Gasteiger partial charge in [0.15, 0.2) is 0 Å². The molecule has 2 aliphatic rings. The van der Waals surface area contributed by atoms with Gasteiger partial charge >= 0.3 is 29.8 Å². The van der Waals surface area contributed by atoms with Gasteiger partial charge in [0.05, 0.1) is 52.9 Å². The van der Waals surface area contributed by atoms with Crippen molar-refractivity contribution in [3.05, 3.63) is 61.2 Å². The summed E-state index contributed by atoms with van der Waals surface area (Å²) >= 11 is 12.9. The summed E-state index contributed by atoms with van der Waals surface area (Å²) in [5.74, 6) is -8.19. The number of aromatic hydroxyl groups is 1. The standard InChI is InChI=1S/C30H23Cl2N5O13/c31-16-3-12-23(11-1-2-18-25(34-35-33-18)24(11)30(48)49)13-4-17(32)27(47)15(6-37(9-21(42)43)10-22(44)45)29(13)50-28(12)14(26(16)46)5-36(7-19(38)39)8-20(40)41/h1-4,46H,5-10H2,(H,38,39)(H,40,41)(H,42,43)(H,44,45)(H,48,49)(H,33,34,35). The van der Waals surface area contributed by atoms with E-state index in [1.807, 2.05) is 0 Å². The Morgan fingerprint density at radius 3 is 1.86 bits per heavy atom. The summed E-state index contributed by atoms with van der Waals surface area (Å²) in [4.78, 5) is 74.6. The summed E-state index contributed by atoms with van der Waals surface area (Å²) in [7, 11) is 0. The average molecular weight is 732 g/mol. The van der Waals surface area contributed by atoms with Crippen LogP contribution in [0.4, 0.5) is 0 Å². The zero-order valence-corrected chi connectivity index (χ0v) is 26.6. The molecule has 0 fully saturated rings. The number of H-pyrrole nitrogens is 1. The Labute approximate surface area is 287 Å². The fraction of sp³-hybridized carbons (Fsp3) is 0.200. The van der Waals surface area contributed by atoms with Gasteiger partial charge in [-0.2, -0.15) is 15.4 Å². The van der Waals surface area contributed by atoms with E-state index in [0.29, 0.717) is 0 Å². The van der Waals surface area contributed by atoms with E-state index in [0.717, 1.165) is 15.9 Å². The molecule has 0 spiro atoms. The number of fused-ring (bicyclic) bond motifs is 3. The predicted octanol–water partition coefficient (Wildman–Crippen LogP) is 2.49. The molecule has 1 aliphatic heterocycles. The Bertz CT molecular complexity index is 2240. The fourth-order valence-electron chi connectivity index (χ4n) is 5.66. The smallest absolute Gasteiger partial charge is 0.338 e. The number of benzene rings is 3. The van der Waals surface area contributed by atoms with Crippen LogP contribution >= 0.6 is 23.2 Å². The van der Waals surface area contributed by atoms with Gasteiger partial charge in [-0.25, -0.2) is 4.79 Å². The average Bonchev–Trinajstić information content (AvgIpc) is 3.48. The largest absolute Gasteiger partial charge is 0.506 e. The number of carboxylic acids is 5. The number of hydrogen-bond acceptors (Lipinski definition) is 12. The molecular weight excluding hydrogens is 709 g/mol. The molecule has 50 heavy (non-hydrogen) atoms. The van der Waals surface area contributed by atoms with Gasteiger partial charge in [-0.05, 0) is 18.2 Å². The number of aliphatic carboxylic acids is 4. The summed E-state index contributed by atoms with van der Waals surface area (Å²) in [6, 6.07) is 5.15. The van der Waals surface area contributed by atoms with Gasteiger partial charge < -0.3 is 35.1 Å². The van der Waals surface area contributed by atoms with Gasteiger partial charge in [0.2, 0.25) is 5.43 Å². The maximum Gasteiger partial charge on any atom is 0.338 e. The molecule has 0 amide bonds. The highest BCUT2D eigenvalue weighted by Gasteiger charge is 2.32. The topological polar surface area (TPSA) is 285 Å². The summed E-state index contributed by atoms with van der Waals surface area (Å²) in [6.45, 7) is -4.59. The molecule has 0 unspecified atom stereocenters. The fourth-order valence-corrected chi connectivity index (χ4v) is 6.11. The van der Waals surface area contributed by atoms with Crippen LogP contribution < -0.4 is 5.43 Å². The number of carbonyl (C=O) groups is 5. The molecule has 0 saturated carbocycles. The second kappa shape index (κ2) is 14.0. The number of nitrogens with one attached hydrogen (secondary N) is 1. The zero-order valence-electron chi connectivity index (χ0n) is 25.1. The normalized spacial score (nSPS) is 11.6. The molecule has 20 heteroatoms. The first-order valence-electron chi connectivity index (χ1n) is 14.1. The Balaban J connectivity index is 1.96. The van der Waals surface area contributed by atoms with Gasteiger partial charge in [-0.15, -0.1) is 0 Å². The molecule has 3 aromatic rings. The molecule has 0 bridgehead atoms. The van der Waals surface area contributed by atoms with Crippen LogP contribution in [0.25, 0.3) is 44.5 Å². The molecule has 1 aromatic heterocycles. The second-order valence-corrected chi connectivity index (χ2v) is 11.7. The van der Waals surface area contributed by atoms with Crippen LogP contribution in [0.3, 0.4) is 0 Å². The summed E-state index contributed by atoms with van der Waals surface area (Å²) in [5, 5.41) is 68.8. The Hall–Kier alpha value is -5.82. The summed E-state index contributed by atoms with van der Waals surface area (Å²) in [5.41, 5.74) is -2.25. The third-order valence-electron chi connectivity index (χ3n) is 7.50. The maximum absolute atomic E-state index is 13.6. The lowest BCUT2D eigenvalue weighted by Crippen LogP contribution is -2.35. The third-order valence-corrected chi connectivity index (χ3v) is 8.07. The minimum absolute atomic E-state index is 0.0131. The van der Waals surface area contributed by atoms with Crippen molar-refractivity contribution in [2.75, 3.05) is 26.2 Å². The first kappa shape index (κ1) is 35.5. The Kier molecular flexibility index (Phi) is 9.91. The number of aromatic carboxylic acids is 1. The van der Waals surface area contributed by atoms with Gasteiger partial charge in [-0.1, -0.05) is 29.3 Å². The molecule has 2 aromatic carbocycles. The summed E-state index contributed by atoms with van der Waals surface area (Å²) in [6.07, 6.45) is 0. The van der Waals surface area contributed by atoms with Gasteiger partial charge in [0.25, 0.3) is 0 Å². The minimum atomic E-state index is -1.47. The molecule has 0 saturated heterocycles. The highest BCUT2D eigenvalue weighted by molar-refractivity contribution is 6.33. The van der Waals surface area contributed by atoms with Crippen molar-refractivity contribution in [3.63, 3.8) is 0 Å². The van der Waals surface area contributed by atoms with E-state index in [1.165, 1.54) is 18.2 Å². The molecule has 2 heterocycles. The van der Waals surface area contributed by atoms with E-state index >= 15 is 0 Å². The van der Waals surface area contributed by atoms with Crippen molar-refractivity contribution in [2.24, 2.45) is 0 Å². The van der Waals surface area contributed by atoms with Crippen molar-refractivity contribution < 1.29 is 59.0 Å². The number of carboxylic acid groups (broad SMARTS) is 5. The number of aromatic nitrogens is 3. The quantitative estimate of drug-likeness (QED) is 0.0807. The molecule has 0 atom stereocenters. The van der Waals surface area contributed by atoms with Crippen molar-refractivity contribution >= 4 is 75.1 Å². The number of phenolic OH excluding ortho intramolecular Hbond substituents is 1. The highest BCUT2D eigenvalue weighted by atomic mass is 35.5. The maximum atomic E-state index is 13.6. The van der Waals surface area contributed by atoms with E-state index in [4.69, 9.17) is 27.6 Å². The number of phenols is 1. The lowest BCUT2D eigenvalue weighted by Gasteiger charge is -2.25. The molecule has 18 nitrogen and oxygen atoms in total. The molecule has 5 rings (SSSR count). The van der Waals surface area contributed by atoms with Crippen LogP contribution in [0.2, 0.25) is 10.0 Å². The number of nitrogens with zero attached hydrogens (tertiary/aromatic N) is 4. The second-order valence-electron chi connectivity index (χ2n) is 10.9. The van der Waals surface area contributed by atoms with Crippen LogP contribution in [-0.2, 0) is 32.3 Å².